The fraction of sp³-hybridized carbons (Fsp3) is 0.360. The normalized spacial score (nSPS) is 20.7. The summed E-state index contributed by atoms with van der Waals surface area (Å²) in [5, 5.41) is 4.40. The maximum Gasteiger partial charge on any atom is 0.573 e. The third kappa shape index (κ3) is 5.68. The van der Waals surface area contributed by atoms with Gasteiger partial charge in [-0.3, -0.25) is 4.90 Å². The molecule has 1 saturated heterocycles. The van der Waals surface area contributed by atoms with Crippen molar-refractivity contribution < 1.29 is 27.0 Å². The minimum Gasteiger partial charge on any atom is -0.406 e. The van der Waals surface area contributed by atoms with Crippen LogP contribution in [0.5, 0.6) is 5.75 Å². The van der Waals surface area contributed by atoms with E-state index in [0.29, 0.717) is 36.3 Å². The molecule has 0 saturated carbocycles. The van der Waals surface area contributed by atoms with E-state index in [4.69, 9.17) is 4.74 Å². The highest BCUT2D eigenvalue weighted by Crippen LogP contribution is 2.26. The Kier molecular flexibility index (Phi) is 6.67. The SMILES string of the molecule is O=c1n(CCN2CC[C@@H](OC3C=CC(F)=CC3)C2)nc2ccc(-c3ccc(OC(F)(F)F)cc3)cn12. The van der Waals surface area contributed by atoms with Crippen molar-refractivity contribution in [2.45, 2.75) is 38.0 Å². The molecule has 3 aromatic rings. The Morgan fingerprint density at radius 2 is 1.83 bits per heavy atom. The molecule has 5 rings (SSSR count). The molecule has 0 radical (unpaired) electrons. The smallest absolute Gasteiger partial charge is 0.406 e. The zero-order valence-corrected chi connectivity index (χ0v) is 19.2. The summed E-state index contributed by atoms with van der Waals surface area (Å²) in [6.07, 6.45) is 2.91. The first-order chi connectivity index (χ1) is 17.2. The van der Waals surface area contributed by atoms with Crippen LogP contribution in [0, 0.1) is 0 Å². The summed E-state index contributed by atoms with van der Waals surface area (Å²) in [5.41, 5.74) is 1.48. The molecule has 1 aromatic carbocycles. The van der Waals surface area contributed by atoms with Crippen molar-refractivity contribution in [3.63, 3.8) is 0 Å². The quantitative estimate of drug-likeness (QED) is 0.449. The van der Waals surface area contributed by atoms with Gasteiger partial charge in [-0.1, -0.05) is 18.2 Å². The van der Waals surface area contributed by atoms with E-state index in [1.54, 1.807) is 24.4 Å². The lowest BCUT2D eigenvalue weighted by Gasteiger charge is -2.20. The Morgan fingerprint density at radius 3 is 2.56 bits per heavy atom. The molecule has 11 heteroatoms. The van der Waals surface area contributed by atoms with Gasteiger partial charge in [0.05, 0.1) is 18.8 Å². The maximum absolute atomic E-state index is 13.1. The van der Waals surface area contributed by atoms with Crippen LogP contribution in [0.1, 0.15) is 12.8 Å². The molecule has 2 aliphatic rings. The highest BCUT2D eigenvalue weighted by atomic mass is 19.4. The highest BCUT2D eigenvalue weighted by Gasteiger charge is 2.31. The number of ether oxygens (including phenoxy) is 2. The number of hydrogen-bond acceptors (Lipinski definition) is 5. The fourth-order valence-corrected chi connectivity index (χ4v) is 4.45. The molecule has 0 amide bonds. The van der Waals surface area contributed by atoms with Crippen molar-refractivity contribution in [2.24, 2.45) is 0 Å². The van der Waals surface area contributed by atoms with Gasteiger partial charge in [-0.2, -0.15) is 0 Å². The molecule has 2 atom stereocenters. The molecule has 36 heavy (non-hydrogen) atoms. The lowest BCUT2D eigenvalue weighted by molar-refractivity contribution is -0.274. The predicted octanol–water partition coefficient (Wildman–Crippen LogP) is 4.33. The zero-order chi connectivity index (χ0) is 25.3. The number of nitrogens with zero attached hydrogens (tertiary/aromatic N) is 4. The molecular weight excluding hydrogens is 480 g/mol. The fourth-order valence-electron chi connectivity index (χ4n) is 4.45. The number of fused-ring (bicyclic) bond motifs is 1. The van der Waals surface area contributed by atoms with E-state index < -0.39 is 6.36 Å². The molecule has 1 fully saturated rings. The first-order valence-corrected chi connectivity index (χ1v) is 11.6. The minimum atomic E-state index is -4.75. The largest absolute Gasteiger partial charge is 0.573 e. The van der Waals surface area contributed by atoms with Crippen LogP contribution in [0.3, 0.4) is 0 Å². The molecule has 2 aromatic heterocycles. The molecule has 7 nitrogen and oxygen atoms in total. The second kappa shape index (κ2) is 9.90. The Labute approximate surface area is 203 Å². The Morgan fingerprint density at radius 1 is 1.06 bits per heavy atom. The summed E-state index contributed by atoms with van der Waals surface area (Å²) in [6.45, 7) is 2.61. The number of likely N-dealkylation sites (tertiary alicyclic amines) is 1. The van der Waals surface area contributed by atoms with Gasteiger partial charge in [0.1, 0.15) is 11.6 Å². The summed E-state index contributed by atoms with van der Waals surface area (Å²) < 4.78 is 63.0. The molecule has 3 heterocycles. The second-order valence-corrected chi connectivity index (χ2v) is 8.79. The summed E-state index contributed by atoms with van der Waals surface area (Å²) in [7, 11) is 0. The average Bonchev–Trinajstić information content (AvgIpc) is 3.42. The van der Waals surface area contributed by atoms with E-state index in [9.17, 15) is 22.4 Å². The summed E-state index contributed by atoms with van der Waals surface area (Å²) in [4.78, 5) is 15.1. The first-order valence-electron chi connectivity index (χ1n) is 11.6. The van der Waals surface area contributed by atoms with Crippen LogP contribution in [0.25, 0.3) is 16.8 Å². The monoisotopic (exact) mass is 504 g/mol. The van der Waals surface area contributed by atoms with Crippen LogP contribution in [0.2, 0.25) is 0 Å². The van der Waals surface area contributed by atoms with E-state index in [1.807, 2.05) is 0 Å². The lowest BCUT2D eigenvalue weighted by atomic mass is 10.1. The number of rotatable bonds is 7. The highest BCUT2D eigenvalue weighted by molar-refractivity contribution is 5.65. The van der Waals surface area contributed by atoms with Crippen LogP contribution < -0.4 is 10.4 Å². The zero-order valence-electron chi connectivity index (χ0n) is 19.2. The van der Waals surface area contributed by atoms with Crippen molar-refractivity contribution in [2.75, 3.05) is 19.6 Å². The molecule has 0 spiro atoms. The summed E-state index contributed by atoms with van der Waals surface area (Å²) >= 11 is 0. The van der Waals surface area contributed by atoms with Crippen molar-refractivity contribution in [1.82, 2.24) is 19.1 Å². The van der Waals surface area contributed by atoms with Crippen molar-refractivity contribution in [3.8, 4) is 16.9 Å². The van der Waals surface area contributed by atoms with E-state index >= 15 is 0 Å². The molecule has 0 N–H and O–H groups in total. The molecule has 0 bridgehead atoms. The van der Waals surface area contributed by atoms with Gasteiger partial charge in [-0.15, -0.1) is 18.3 Å². The number of hydrogen-bond donors (Lipinski definition) is 0. The summed E-state index contributed by atoms with van der Waals surface area (Å²) in [6, 6.07) is 8.91. The number of benzene rings is 1. The van der Waals surface area contributed by atoms with Crippen LogP contribution in [-0.4, -0.2) is 57.3 Å². The predicted molar refractivity (Wildman–Crippen MR) is 124 cm³/mol. The van der Waals surface area contributed by atoms with Gasteiger partial charge < -0.3 is 9.47 Å². The maximum atomic E-state index is 13.1. The average molecular weight is 504 g/mol. The molecule has 1 aliphatic heterocycles. The molecular formula is C25H24F4N4O3. The van der Waals surface area contributed by atoms with Crippen molar-refractivity contribution in [1.29, 1.82) is 0 Å². The van der Waals surface area contributed by atoms with E-state index in [-0.39, 0.29) is 29.5 Å². The van der Waals surface area contributed by atoms with Crippen LogP contribution in [0.15, 0.2) is 71.4 Å². The third-order valence-corrected chi connectivity index (χ3v) is 6.24. The van der Waals surface area contributed by atoms with E-state index in [1.165, 1.54) is 45.5 Å². The molecule has 1 unspecified atom stereocenters. The lowest BCUT2D eigenvalue weighted by Crippen LogP contribution is -2.31. The standard InChI is InChI=1S/C25H24F4N4O3/c26-19-4-8-20(9-5-19)35-22-11-12-31(16-22)13-14-33-24(34)32-15-18(3-10-23(32)30-33)17-1-6-21(7-2-17)36-25(27,28)29/h1-8,10,15,20,22H,9,11-14,16H2/t20?,22-/m1/s1. The number of halogens is 4. The topological polar surface area (TPSA) is 61.0 Å². The molecule has 190 valence electrons. The Hall–Kier alpha value is -3.44. The van der Waals surface area contributed by atoms with Crippen LogP contribution in [-0.2, 0) is 11.3 Å². The Bertz CT molecular complexity index is 1340. The van der Waals surface area contributed by atoms with Crippen LogP contribution >= 0.6 is 0 Å². The van der Waals surface area contributed by atoms with Gasteiger partial charge in [0.2, 0.25) is 0 Å². The number of pyridine rings is 1. The number of aromatic nitrogens is 3. The van der Waals surface area contributed by atoms with Gasteiger partial charge in [0, 0.05) is 25.8 Å². The van der Waals surface area contributed by atoms with Gasteiger partial charge in [0.25, 0.3) is 0 Å². The second-order valence-electron chi connectivity index (χ2n) is 8.79. The van der Waals surface area contributed by atoms with Gasteiger partial charge in [-0.25, -0.2) is 18.3 Å². The molecule has 1 aliphatic carbocycles. The van der Waals surface area contributed by atoms with Gasteiger partial charge in [0.15, 0.2) is 5.65 Å². The van der Waals surface area contributed by atoms with Crippen LogP contribution in [0.4, 0.5) is 17.6 Å². The van der Waals surface area contributed by atoms with Gasteiger partial charge >= 0.3 is 12.1 Å². The van der Waals surface area contributed by atoms with Gasteiger partial charge in [-0.05, 0) is 60.4 Å². The number of allylic oxidation sites excluding steroid dienone is 2. The third-order valence-electron chi connectivity index (χ3n) is 6.24. The van der Waals surface area contributed by atoms with Crippen molar-refractivity contribution in [3.05, 3.63) is 77.1 Å². The minimum absolute atomic E-state index is 0.0579. The number of alkyl halides is 3. The first kappa shape index (κ1) is 24.3. The van der Waals surface area contributed by atoms with E-state index in [2.05, 4.69) is 14.7 Å². The summed E-state index contributed by atoms with van der Waals surface area (Å²) in [5.74, 6) is -0.547. The van der Waals surface area contributed by atoms with E-state index in [0.717, 1.165) is 19.5 Å². The Balaban J connectivity index is 1.20. The van der Waals surface area contributed by atoms with Crippen molar-refractivity contribution >= 4 is 5.65 Å².